The second kappa shape index (κ2) is 10.4. The van der Waals surface area contributed by atoms with Crippen molar-refractivity contribution < 1.29 is 14.3 Å². The third-order valence-corrected chi connectivity index (χ3v) is 5.83. The predicted molar refractivity (Wildman–Crippen MR) is 117 cm³/mol. The second-order valence-electron chi connectivity index (χ2n) is 7.45. The first-order valence-electron chi connectivity index (χ1n) is 10.1. The molecule has 30 heavy (non-hydrogen) atoms. The maximum Gasteiger partial charge on any atom is 0.324 e. The number of para-hydroxylation sites is 1. The van der Waals surface area contributed by atoms with Crippen LogP contribution in [0.5, 0.6) is 0 Å². The monoisotopic (exact) mass is 433 g/mol. The van der Waals surface area contributed by atoms with Gasteiger partial charge in [0.25, 0.3) is 0 Å². The molecule has 9 heteroatoms. The topological polar surface area (TPSA) is 88.5 Å². The van der Waals surface area contributed by atoms with Crippen LogP contribution in [0.1, 0.15) is 38.6 Å². The summed E-state index contributed by atoms with van der Waals surface area (Å²) in [7, 11) is 1.42. The van der Waals surface area contributed by atoms with Gasteiger partial charge in [-0.15, -0.1) is 0 Å². The summed E-state index contributed by atoms with van der Waals surface area (Å²) in [4.78, 5) is 26.1. The van der Waals surface area contributed by atoms with Crippen molar-refractivity contribution in [2.75, 3.05) is 30.8 Å². The number of carbonyl (C=O) groups is 2. The van der Waals surface area contributed by atoms with Gasteiger partial charge in [-0.2, -0.15) is 5.10 Å². The summed E-state index contributed by atoms with van der Waals surface area (Å²) >= 11 is 6.10. The maximum atomic E-state index is 12.4. The molecule has 2 heterocycles. The van der Waals surface area contributed by atoms with Crippen molar-refractivity contribution in [1.29, 1.82) is 0 Å². The fraction of sp³-hybridized carbons (Fsp3) is 0.476. The highest BCUT2D eigenvalue weighted by Gasteiger charge is 2.26. The lowest BCUT2D eigenvalue weighted by atomic mass is 10.0. The van der Waals surface area contributed by atoms with Crippen LogP contribution in [0.25, 0.3) is 0 Å². The van der Waals surface area contributed by atoms with Gasteiger partial charge in [0.1, 0.15) is 5.82 Å². The molecule has 3 rings (SSSR count). The molecule has 0 spiro atoms. The molecule has 1 aromatic carbocycles. The fourth-order valence-electron chi connectivity index (χ4n) is 3.72. The number of esters is 1. The Morgan fingerprint density at radius 2 is 1.97 bits per heavy atom. The Morgan fingerprint density at radius 3 is 2.67 bits per heavy atom. The smallest absolute Gasteiger partial charge is 0.324 e. The molecule has 0 radical (unpaired) electrons. The van der Waals surface area contributed by atoms with Crippen molar-refractivity contribution in [3.63, 3.8) is 0 Å². The summed E-state index contributed by atoms with van der Waals surface area (Å²) in [6.07, 6.45) is 4.76. The van der Waals surface area contributed by atoms with Gasteiger partial charge in [-0.25, -0.2) is 9.48 Å². The lowest BCUT2D eigenvalue weighted by Gasteiger charge is -2.36. The lowest BCUT2D eigenvalue weighted by molar-refractivity contribution is -0.141. The van der Waals surface area contributed by atoms with Gasteiger partial charge in [0, 0.05) is 31.6 Å². The van der Waals surface area contributed by atoms with E-state index in [0.29, 0.717) is 29.0 Å². The predicted octanol–water partition coefficient (Wildman–Crippen LogP) is 4.16. The number of urea groups is 1. The van der Waals surface area contributed by atoms with Crippen LogP contribution in [0.3, 0.4) is 0 Å². The minimum Gasteiger partial charge on any atom is -0.469 e. The molecule has 162 valence electrons. The van der Waals surface area contributed by atoms with E-state index in [0.717, 1.165) is 32.4 Å². The average Bonchev–Trinajstić information content (AvgIpc) is 3.21. The molecule has 0 bridgehead atoms. The first kappa shape index (κ1) is 22.1. The van der Waals surface area contributed by atoms with Gasteiger partial charge in [-0.3, -0.25) is 10.1 Å². The number of benzene rings is 1. The van der Waals surface area contributed by atoms with Crippen molar-refractivity contribution in [2.45, 2.75) is 44.7 Å². The van der Waals surface area contributed by atoms with Gasteiger partial charge in [0.2, 0.25) is 0 Å². The number of nitrogens with zero attached hydrogens (tertiary/aromatic N) is 3. The number of methoxy groups -OCH3 is 1. The number of piperidine rings is 1. The fourth-order valence-corrected chi connectivity index (χ4v) is 3.90. The lowest BCUT2D eigenvalue weighted by Crippen LogP contribution is -2.41. The molecule has 2 N–H and O–H groups in total. The average molecular weight is 434 g/mol. The number of hydrogen-bond donors (Lipinski definition) is 2. The molecule has 8 nitrogen and oxygen atoms in total. The number of aromatic nitrogens is 2. The number of carbonyl (C=O) groups excluding carboxylic acids is 2. The zero-order valence-corrected chi connectivity index (χ0v) is 18.1. The molecule has 2 aromatic rings. The minimum atomic E-state index is -0.362. The number of ether oxygens (including phenoxy) is 1. The van der Waals surface area contributed by atoms with Crippen molar-refractivity contribution in [3.05, 3.63) is 41.6 Å². The summed E-state index contributed by atoms with van der Waals surface area (Å²) in [5, 5.41) is 10.5. The third-order valence-electron chi connectivity index (χ3n) is 5.50. The molecule has 1 fully saturated rings. The molecule has 1 aromatic heterocycles. The van der Waals surface area contributed by atoms with Crippen molar-refractivity contribution in [2.24, 2.45) is 0 Å². The molecule has 1 aliphatic rings. The molecule has 1 aliphatic heterocycles. The van der Waals surface area contributed by atoms with Crippen molar-refractivity contribution in [1.82, 2.24) is 14.7 Å². The first-order chi connectivity index (χ1) is 14.5. The van der Waals surface area contributed by atoms with Crippen LogP contribution in [0.4, 0.5) is 16.3 Å². The summed E-state index contributed by atoms with van der Waals surface area (Å²) < 4.78 is 6.60. The van der Waals surface area contributed by atoms with Crippen LogP contribution >= 0.6 is 11.6 Å². The normalized spacial score (nSPS) is 16.1. The Morgan fingerprint density at radius 1 is 1.23 bits per heavy atom. The van der Waals surface area contributed by atoms with E-state index >= 15 is 0 Å². The van der Waals surface area contributed by atoms with Crippen molar-refractivity contribution >= 4 is 35.1 Å². The molecule has 1 saturated heterocycles. The highest BCUT2D eigenvalue weighted by Crippen LogP contribution is 2.27. The number of anilines is 2. The Labute approximate surface area is 181 Å². The number of nitrogens with one attached hydrogen (secondary N) is 2. The molecule has 1 unspecified atom stereocenters. The minimum absolute atomic E-state index is 0.168. The number of hydrogen-bond acceptors (Lipinski definition) is 5. The molecular formula is C21H28ClN5O3. The summed E-state index contributed by atoms with van der Waals surface area (Å²) in [6, 6.07) is 9.05. The van der Waals surface area contributed by atoms with Crippen molar-refractivity contribution in [3.8, 4) is 0 Å². The van der Waals surface area contributed by atoms with E-state index in [9.17, 15) is 9.59 Å². The standard InChI is InChI=1S/C21H28ClN5O3/c1-15(7-8-20(28)30-2)26-13-10-16(11-14-26)27-19(9-12-23-27)25-21(29)24-18-6-4-3-5-17(18)22/h3-6,9,12,15-16H,7-8,10-11,13-14H2,1-2H3,(H2,24,25,29). The number of likely N-dealkylation sites (tertiary alicyclic amines) is 1. The van der Waals surface area contributed by atoms with Gasteiger partial charge >= 0.3 is 12.0 Å². The van der Waals surface area contributed by atoms with Crippen LogP contribution in [-0.2, 0) is 9.53 Å². The summed E-state index contributed by atoms with van der Waals surface area (Å²) in [5.41, 5.74) is 0.553. The maximum absolute atomic E-state index is 12.4. The number of halogens is 1. The van der Waals surface area contributed by atoms with E-state index in [-0.39, 0.29) is 18.0 Å². The van der Waals surface area contributed by atoms with Crippen LogP contribution in [0.15, 0.2) is 36.5 Å². The van der Waals surface area contributed by atoms with Crippen LogP contribution < -0.4 is 10.6 Å². The SMILES string of the molecule is COC(=O)CCC(C)N1CCC(n2nccc2NC(=O)Nc2ccccc2Cl)CC1. The van der Waals surface area contributed by atoms with Gasteiger partial charge in [-0.05, 0) is 38.3 Å². The quantitative estimate of drug-likeness (QED) is 0.640. The van der Waals surface area contributed by atoms with E-state index in [1.807, 2.05) is 16.8 Å². The van der Waals surface area contributed by atoms with Gasteiger partial charge in [0.05, 0.1) is 30.1 Å². The molecule has 0 saturated carbocycles. The first-order valence-corrected chi connectivity index (χ1v) is 10.5. The zero-order valence-electron chi connectivity index (χ0n) is 17.3. The van der Waals surface area contributed by atoms with E-state index < -0.39 is 0 Å². The van der Waals surface area contributed by atoms with Crippen LogP contribution in [0, 0.1) is 0 Å². The largest absolute Gasteiger partial charge is 0.469 e. The molecule has 1 atom stereocenters. The highest BCUT2D eigenvalue weighted by atomic mass is 35.5. The van der Waals surface area contributed by atoms with Gasteiger partial charge in [-0.1, -0.05) is 23.7 Å². The van der Waals surface area contributed by atoms with Crippen LogP contribution in [-0.4, -0.2) is 52.9 Å². The Balaban J connectivity index is 1.53. The Bertz CT molecular complexity index is 864. The van der Waals surface area contributed by atoms with E-state index in [4.69, 9.17) is 16.3 Å². The van der Waals surface area contributed by atoms with Gasteiger partial charge in [0.15, 0.2) is 0 Å². The third kappa shape index (κ3) is 5.73. The number of amides is 2. The highest BCUT2D eigenvalue weighted by molar-refractivity contribution is 6.33. The summed E-state index contributed by atoms with van der Waals surface area (Å²) in [5.74, 6) is 0.482. The zero-order chi connectivity index (χ0) is 21.5. The molecule has 0 aliphatic carbocycles. The van der Waals surface area contributed by atoms with E-state index in [1.54, 1.807) is 24.4 Å². The summed E-state index contributed by atoms with van der Waals surface area (Å²) in [6.45, 7) is 3.97. The molecular weight excluding hydrogens is 406 g/mol. The number of rotatable bonds is 7. The van der Waals surface area contributed by atoms with Crippen LogP contribution in [0.2, 0.25) is 5.02 Å². The van der Waals surface area contributed by atoms with E-state index in [1.165, 1.54) is 7.11 Å². The van der Waals surface area contributed by atoms with E-state index in [2.05, 4.69) is 27.6 Å². The van der Waals surface area contributed by atoms with Gasteiger partial charge < -0.3 is 15.0 Å². The Hall–Kier alpha value is -2.58. The Kier molecular flexibility index (Phi) is 7.70. The second-order valence-corrected chi connectivity index (χ2v) is 7.86. The molecule has 2 amide bonds.